The molecule has 1 atom stereocenters. The molecule has 0 aliphatic heterocycles. The number of anilines is 4. The molecule has 1 aliphatic rings. The van der Waals surface area contributed by atoms with Crippen molar-refractivity contribution < 1.29 is 28.2 Å². The Labute approximate surface area is 174 Å². The first-order valence-electron chi connectivity index (χ1n) is 9.30. The van der Waals surface area contributed by atoms with Crippen LogP contribution in [0.1, 0.15) is 16.7 Å². The number of aliphatic hydroxyl groups is 1. The fourth-order valence-corrected chi connectivity index (χ4v) is 3.52. The predicted octanol–water partition coefficient (Wildman–Crippen LogP) is 4.51. The molecular formula is C21H17F3N4O3. The number of hydrogen-bond donors (Lipinski definition) is 3. The highest BCUT2D eigenvalue weighted by atomic mass is 19.4. The number of carboxylic acid groups (broad SMARTS) is 1. The lowest BCUT2D eigenvalue weighted by Crippen LogP contribution is -2.25. The number of fused-ring (bicyclic) bond motifs is 1. The molecule has 0 saturated heterocycles. The Hall–Kier alpha value is -3.66. The van der Waals surface area contributed by atoms with Crippen LogP contribution < -0.4 is 10.2 Å². The van der Waals surface area contributed by atoms with Gasteiger partial charge in [-0.2, -0.15) is 13.2 Å². The number of aliphatic hydroxyl groups excluding tert-OH is 1. The number of aromatic nitrogens is 2. The van der Waals surface area contributed by atoms with Gasteiger partial charge < -0.3 is 15.5 Å². The summed E-state index contributed by atoms with van der Waals surface area (Å²) in [7, 11) is 0. The Morgan fingerprint density at radius 1 is 1.06 bits per heavy atom. The summed E-state index contributed by atoms with van der Waals surface area (Å²) >= 11 is 0. The van der Waals surface area contributed by atoms with E-state index >= 15 is 0 Å². The fraction of sp³-hybridized carbons (Fsp3) is 0.190. The molecule has 2 aromatic carbocycles. The Balaban J connectivity index is 1.63. The lowest BCUT2D eigenvalue weighted by Gasteiger charge is -2.20. The lowest BCUT2D eigenvalue weighted by atomic mass is 10.1. The number of nitrogens with one attached hydrogen (secondary N) is 1. The molecule has 0 bridgehead atoms. The predicted molar refractivity (Wildman–Crippen MR) is 107 cm³/mol. The van der Waals surface area contributed by atoms with Crippen LogP contribution in [0, 0.1) is 0 Å². The van der Waals surface area contributed by atoms with Crippen LogP contribution in [0.25, 0.3) is 0 Å². The third kappa shape index (κ3) is 4.43. The first-order valence-corrected chi connectivity index (χ1v) is 9.30. The van der Waals surface area contributed by atoms with Gasteiger partial charge in [0.2, 0.25) is 0 Å². The maximum atomic E-state index is 13.0. The monoisotopic (exact) mass is 430 g/mol. The van der Waals surface area contributed by atoms with E-state index in [0.29, 0.717) is 23.4 Å². The molecule has 0 radical (unpaired) electrons. The number of carbonyl (C=O) groups is 1. The van der Waals surface area contributed by atoms with E-state index in [-0.39, 0.29) is 17.3 Å². The topological polar surface area (TPSA) is 98.6 Å². The van der Waals surface area contributed by atoms with Gasteiger partial charge in [0.25, 0.3) is 0 Å². The highest BCUT2D eigenvalue weighted by Crippen LogP contribution is 2.34. The van der Waals surface area contributed by atoms with Crippen LogP contribution in [0.5, 0.6) is 0 Å². The molecule has 0 spiro atoms. The van der Waals surface area contributed by atoms with E-state index in [4.69, 9.17) is 0 Å². The van der Waals surface area contributed by atoms with Gasteiger partial charge in [-0.15, -0.1) is 0 Å². The molecule has 10 heteroatoms. The number of halogens is 3. The standard InChI is InChI=1S/C21H17F3N4O3/c22-21(23,24)14-2-1-3-16(9-14)28(20(30)31)19-10-18(25-11-26-19)27-15-5-4-12-7-17(29)8-13(12)6-15/h1-6,9-11,17,29H,7-8H2,(H,30,31)(H,25,26,27). The number of benzene rings is 2. The minimum atomic E-state index is -4.61. The van der Waals surface area contributed by atoms with Crippen LogP contribution in [0.15, 0.2) is 54.9 Å². The molecule has 31 heavy (non-hydrogen) atoms. The van der Waals surface area contributed by atoms with Crippen molar-refractivity contribution in [1.82, 2.24) is 9.97 Å². The number of amides is 1. The second-order valence-electron chi connectivity index (χ2n) is 7.10. The Bertz CT molecular complexity index is 1140. The second kappa shape index (κ2) is 7.88. The minimum absolute atomic E-state index is 0.110. The van der Waals surface area contributed by atoms with Crippen molar-refractivity contribution in [2.24, 2.45) is 0 Å². The zero-order chi connectivity index (χ0) is 22.2. The normalized spacial score (nSPS) is 15.4. The molecule has 0 fully saturated rings. The Kier molecular flexibility index (Phi) is 5.24. The average molecular weight is 430 g/mol. The van der Waals surface area contributed by atoms with Crippen LogP contribution in [-0.4, -0.2) is 32.4 Å². The first kappa shape index (κ1) is 20.6. The van der Waals surface area contributed by atoms with E-state index in [2.05, 4.69) is 15.3 Å². The quantitative estimate of drug-likeness (QED) is 0.563. The molecule has 160 valence electrons. The van der Waals surface area contributed by atoms with E-state index in [1.165, 1.54) is 12.1 Å². The first-order chi connectivity index (χ1) is 14.7. The van der Waals surface area contributed by atoms with Gasteiger partial charge in [-0.05, 0) is 54.3 Å². The summed E-state index contributed by atoms with van der Waals surface area (Å²) in [6.07, 6.45) is -4.25. The average Bonchev–Trinajstić information content (AvgIpc) is 3.07. The molecule has 1 heterocycles. The van der Waals surface area contributed by atoms with Gasteiger partial charge in [0.1, 0.15) is 18.0 Å². The summed E-state index contributed by atoms with van der Waals surface area (Å²) in [5.41, 5.74) is 1.58. The van der Waals surface area contributed by atoms with E-state index in [9.17, 15) is 28.2 Å². The number of alkyl halides is 3. The van der Waals surface area contributed by atoms with Gasteiger partial charge in [-0.25, -0.2) is 19.7 Å². The molecule has 1 unspecified atom stereocenters. The van der Waals surface area contributed by atoms with E-state index < -0.39 is 23.9 Å². The van der Waals surface area contributed by atoms with Gasteiger partial charge in [0, 0.05) is 11.8 Å². The van der Waals surface area contributed by atoms with Crippen molar-refractivity contribution in [3.63, 3.8) is 0 Å². The summed E-state index contributed by atoms with van der Waals surface area (Å²) < 4.78 is 39.1. The van der Waals surface area contributed by atoms with Crippen molar-refractivity contribution in [2.45, 2.75) is 25.1 Å². The molecule has 0 saturated carbocycles. The molecule has 1 amide bonds. The number of nitrogens with zero attached hydrogens (tertiary/aromatic N) is 3. The summed E-state index contributed by atoms with van der Waals surface area (Å²) in [5, 5.41) is 22.4. The molecule has 1 aliphatic carbocycles. The number of rotatable bonds is 4. The fourth-order valence-electron chi connectivity index (χ4n) is 3.52. The third-order valence-electron chi connectivity index (χ3n) is 4.89. The molecule has 1 aromatic heterocycles. The van der Waals surface area contributed by atoms with E-state index in [0.717, 1.165) is 35.7 Å². The second-order valence-corrected chi connectivity index (χ2v) is 7.10. The van der Waals surface area contributed by atoms with Gasteiger partial charge in [0.15, 0.2) is 0 Å². The van der Waals surface area contributed by atoms with Gasteiger partial charge in [-0.3, -0.25) is 0 Å². The maximum Gasteiger partial charge on any atom is 0.417 e. The Morgan fingerprint density at radius 3 is 2.58 bits per heavy atom. The maximum absolute atomic E-state index is 13.0. The zero-order valence-corrected chi connectivity index (χ0v) is 16.0. The molecule has 3 aromatic rings. The molecule has 7 nitrogen and oxygen atoms in total. The van der Waals surface area contributed by atoms with Crippen LogP contribution >= 0.6 is 0 Å². The molecule has 4 rings (SSSR count). The van der Waals surface area contributed by atoms with Crippen LogP contribution in [-0.2, 0) is 19.0 Å². The van der Waals surface area contributed by atoms with Gasteiger partial charge in [-0.1, -0.05) is 12.1 Å². The Morgan fingerprint density at radius 2 is 1.84 bits per heavy atom. The van der Waals surface area contributed by atoms with Crippen LogP contribution in [0.4, 0.5) is 41.0 Å². The summed E-state index contributed by atoms with van der Waals surface area (Å²) in [6.45, 7) is 0. The summed E-state index contributed by atoms with van der Waals surface area (Å²) in [5.74, 6) is 0.155. The highest BCUT2D eigenvalue weighted by molar-refractivity contribution is 5.94. The van der Waals surface area contributed by atoms with Gasteiger partial charge in [0.05, 0.1) is 17.4 Å². The van der Waals surface area contributed by atoms with E-state index in [1.807, 2.05) is 12.1 Å². The van der Waals surface area contributed by atoms with Crippen molar-refractivity contribution in [3.8, 4) is 0 Å². The molecule has 3 N–H and O–H groups in total. The van der Waals surface area contributed by atoms with Crippen molar-refractivity contribution in [3.05, 3.63) is 71.5 Å². The smallest absolute Gasteiger partial charge is 0.417 e. The van der Waals surface area contributed by atoms with Crippen molar-refractivity contribution >= 4 is 29.1 Å². The third-order valence-corrected chi connectivity index (χ3v) is 4.89. The molecular weight excluding hydrogens is 413 g/mol. The van der Waals surface area contributed by atoms with Crippen LogP contribution in [0.3, 0.4) is 0 Å². The van der Waals surface area contributed by atoms with E-state index in [1.54, 1.807) is 6.07 Å². The zero-order valence-electron chi connectivity index (χ0n) is 16.0. The largest absolute Gasteiger partial charge is 0.464 e. The summed E-state index contributed by atoms with van der Waals surface area (Å²) in [6, 6.07) is 10.9. The van der Waals surface area contributed by atoms with Gasteiger partial charge >= 0.3 is 12.3 Å². The lowest BCUT2D eigenvalue weighted by molar-refractivity contribution is -0.137. The highest BCUT2D eigenvalue weighted by Gasteiger charge is 2.31. The van der Waals surface area contributed by atoms with Crippen LogP contribution in [0.2, 0.25) is 0 Å². The SMILES string of the molecule is O=C(O)N(c1cccc(C(F)(F)F)c1)c1cc(Nc2ccc3c(c2)CC(O)C3)ncn1. The van der Waals surface area contributed by atoms with Crippen molar-refractivity contribution in [2.75, 3.05) is 10.2 Å². The summed E-state index contributed by atoms with van der Waals surface area (Å²) in [4.78, 5) is 20.5. The number of hydrogen-bond acceptors (Lipinski definition) is 5. The van der Waals surface area contributed by atoms with Crippen molar-refractivity contribution in [1.29, 1.82) is 0 Å². The minimum Gasteiger partial charge on any atom is -0.464 e.